The van der Waals surface area contributed by atoms with Gasteiger partial charge in [-0.1, -0.05) is 35.3 Å². The Hall–Kier alpha value is -4.25. The molecule has 5 aromatic rings. The molecule has 0 fully saturated rings. The van der Waals surface area contributed by atoms with E-state index in [0.717, 1.165) is 0 Å². The van der Waals surface area contributed by atoms with Crippen LogP contribution in [-0.4, -0.2) is 36.8 Å². The number of anilines is 1. The molecule has 5 rings (SSSR count). The molecule has 1 N–H and O–H groups in total. The van der Waals surface area contributed by atoms with Crippen molar-refractivity contribution in [1.29, 1.82) is 0 Å². The summed E-state index contributed by atoms with van der Waals surface area (Å²) in [5.41, 5.74) is 1.31. The number of carboxylic acids is 1. The van der Waals surface area contributed by atoms with Crippen molar-refractivity contribution >= 4 is 61.8 Å². The molecule has 0 radical (unpaired) electrons. The van der Waals surface area contributed by atoms with E-state index in [1.54, 1.807) is 61.5 Å². The van der Waals surface area contributed by atoms with Gasteiger partial charge in [-0.25, -0.2) is 13.2 Å². The van der Waals surface area contributed by atoms with Crippen molar-refractivity contribution in [2.45, 2.75) is 24.9 Å². The second-order valence-corrected chi connectivity index (χ2v) is 12.0. The lowest BCUT2D eigenvalue weighted by molar-refractivity contribution is 0.0664. The highest BCUT2D eigenvalue weighted by Crippen LogP contribution is 2.33. The van der Waals surface area contributed by atoms with E-state index >= 15 is 0 Å². The molecule has 0 unspecified atom stereocenters. The van der Waals surface area contributed by atoms with Crippen LogP contribution in [0.15, 0.2) is 98.9 Å². The molecule has 9 nitrogen and oxygen atoms in total. The first-order valence-corrected chi connectivity index (χ1v) is 14.9. The Labute approximate surface area is 251 Å². The van der Waals surface area contributed by atoms with Crippen LogP contribution in [0.4, 0.5) is 5.69 Å². The predicted octanol–water partition coefficient (Wildman–Crippen LogP) is 7.09. The summed E-state index contributed by atoms with van der Waals surface area (Å²) in [5.74, 6) is -1.42. The molecule has 0 spiro atoms. The number of halogens is 2. The highest BCUT2D eigenvalue weighted by atomic mass is 35.5. The second kappa shape index (κ2) is 11.9. The van der Waals surface area contributed by atoms with Gasteiger partial charge < -0.3 is 18.8 Å². The number of hydrogen-bond acceptors (Lipinski definition) is 6. The predicted molar refractivity (Wildman–Crippen MR) is 159 cm³/mol. The Balaban J connectivity index is 1.55. The molecule has 0 aliphatic heterocycles. The summed E-state index contributed by atoms with van der Waals surface area (Å²) in [5, 5.41) is 10.2. The Morgan fingerprint density at radius 2 is 1.71 bits per heavy atom. The van der Waals surface area contributed by atoms with E-state index in [-0.39, 0.29) is 52.4 Å². The van der Waals surface area contributed by atoms with Gasteiger partial charge in [-0.2, -0.15) is 0 Å². The summed E-state index contributed by atoms with van der Waals surface area (Å²) in [6, 6.07) is 20.3. The molecular formula is C30H24Cl2N2O7S. The van der Waals surface area contributed by atoms with Crippen molar-refractivity contribution in [3.63, 3.8) is 0 Å². The molecule has 1 amide bonds. The Morgan fingerprint density at radius 1 is 0.929 bits per heavy atom. The SMILES string of the molecule is CCN(c1ccc(Cl)cc1CN(Cc1ccco1)C(=O)c1ccccc1Cl)S(=O)(=O)c1ccc2oc(C(=O)O)cc2c1. The van der Waals surface area contributed by atoms with Gasteiger partial charge in [0.2, 0.25) is 5.76 Å². The van der Waals surface area contributed by atoms with E-state index in [1.165, 1.54) is 39.7 Å². The number of hydrogen-bond donors (Lipinski definition) is 1. The van der Waals surface area contributed by atoms with Crippen LogP contribution in [-0.2, 0) is 23.1 Å². The molecule has 0 saturated heterocycles. The van der Waals surface area contributed by atoms with Crippen LogP contribution >= 0.6 is 23.2 Å². The van der Waals surface area contributed by atoms with Gasteiger partial charge in [-0.3, -0.25) is 9.10 Å². The number of amides is 1. The third-order valence-electron chi connectivity index (χ3n) is 6.56. The summed E-state index contributed by atoms with van der Waals surface area (Å²) in [4.78, 5) is 26.5. The topological polar surface area (TPSA) is 121 Å². The van der Waals surface area contributed by atoms with Crippen LogP contribution < -0.4 is 4.31 Å². The number of fused-ring (bicyclic) bond motifs is 1. The maximum atomic E-state index is 14.0. The lowest BCUT2D eigenvalue weighted by atomic mass is 10.1. The number of rotatable bonds is 10. The zero-order chi connectivity index (χ0) is 30.0. The highest BCUT2D eigenvalue weighted by molar-refractivity contribution is 7.92. The molecule has 0 bridgehead atoms. The minimum Gasteiger partial charge on any atom is -0.475 e. The van der Waals surface area contributed by atoms with Crippen molar-refractivity contribution in [3.05, 3.63) is 118 Å². The lowest BCUT2D eigenvalue weighted by Crippen LogP contribution is -2.34. The number of benzene rings is 3. The smallest absolute Gasteiger partial charge is 0.371 e. The Bertz CT molecular complexity index is 1880. The summed E-state index contributed by atoms with van der Waals surface area (Å²) in [6.07, 6.45) is 1.50. The van der Waals surface area contributed by atoms with Crippen molar-refractivity contribution < 1.29 is 31.9 Å². The van der Waals surface area contributed by atoms with E-state index in [9.17, 15) is 23.1 Å². The average molecular weight is 628 g/mol. The van der Waals surface area contributed by atoms with E-state index in [0.29, 0.717) is 27.4 Å². The largest absolute Gasteiger partial charge is 0.475 e. The maximum Gasteiger partial charge on any atom is 0.371 e. The number of aromatic carboxylic acids is 1. The highest BCUT2D eigenvalue weighted by Gasteiger charge is 2.28. The van der Waals surface area contributed by atoms with E-state index in [2.05, 4.69) is 0 Å². The molecule has 0 aliphatic carbocycles. The molecule has 0 saturated carbocycles. The summed E-state index contributed by atoms with van der Waals surface area (Å²) < 4.78 is 39.9. The van der Waals surface area contributed by atoms with Crippen LogP contribution in [0.25, 0.3) is 11.0 Å². The molecule has 0 atom stereocenters. The first-order chi connectivity index (χ1) is 20.1. The lowest BCUT2D eigenvalue weighted by Gasteiger charge is -2.28. The molecule has 12 heteroatoms. The van der Waals surface area contributed by atoms with Crippen molar-refractivity contribution in [2.75, 3.05) is 10.8 Å². The average Bonchev–Trinajstić information content (AvgIpc) is 3.64. The normalized spacial score (nSPS) is 11.5. The fourth-order valence-electron chi connectivity index (χ4n) is 4.61. The van der Waals surface area contributed by atoms with Crippen molar-refractivity contribution in [1.82, 2.24) is 4.90 Å². The number of nitrogens with zero attached hydrogens (tertiary/aromatic N) is 2. The van der Waals surface area contributed by atoms with Gasteiger partial charge in [0.1, 0.15) is 11.3 Å². The standard InChI is InChI=1S/C30H24Cl2N2O7S/c1-2-34(42(38,39)23-10-12-27-19(15-23)16-28(41-27)30(36)37)26-11-9-21(31)14-20(26)17-33(18-22-6-5-13-40-22)29(35)24-7-3-4-8-25(24)32/h3-16H,2,17-18H2,1H3,(H,36,37). The van der Waals surface area contributed by atoms with Crippen molar-refractivity contribution in [2.24, 2.45) is 0 Å². The number of carbonyl (C=O) groups excluding carboxylic acids is 1. The summed E-state index contributed by atoms with van der Waals surface area (Å²) in [6.45, 7) is 1.81. The Kier molecular flexibility index (Phi) is 8.31. The molecule has 216 valence electrons. The third kappa shape index (κ3) is 5.87. The quantitative estimate of drug-likeness (QED) is 0.176. The molecule has 3 aromatic carbocycles. The van der Waals surface area contributed by atoms with Gasteiger partial charge in [0.05, 0.1) is 34.0 Å². The number of furan rings is 2. The van der Waals surface area contributed by atoms with Gasteiger partial charge >= 0.3 is 5.97 Å². The van der Waals surface area contributed by atoms with Gasteiger partial charge in [-0.05, 0) is 79.2 Å². The van der Waals surface area contributed by atoms with Gasteiger partial charge in [0.25, 0.3) is 15.9 Å². The van der Waals surface area contributed by atoms with Crippen LogP contribution in [0.5, 0.6) is 0 Å². The minimum atomic E-state index is -4.15. The van der Waals surface area contributed by atoms with Gasteiger partial charge in [0, 0.05) is 23.5 Å². The fraction of sp³-hybridized carbons (Fsp3) is 0.133. The monoisotopic (exact) mass is 626 g/mol. The maximum absolute atomic E-state index is 14.0. The fourth-order valence-corrected chi connectivity index (χ4v) is 6.57. The van der Waals surface area contributed by atoms with E-state index in [1.807, 2.05) is 0 Å². The van der Waals surface area contributed by atoms with Crippen LogP contribution in [0.2, 0.25) is 10.0 Å². The number of carboxylic acid groups (broad SMARTS) is 1. The van der Waals surface area contributed by atoms with Gasteiger partial charge in [-0.15, -0.1) is 0 Å². The molecule has 0 aliphatic rings. The first-order valence-electron chi connectivity index (χ1n) is 12.7. The van der Waals surface area contributed by atoms with Crippen LogP contribution in [0, 0.1) is 0 Å². The Morgan fingerprint density at radius 3 is 2.40 bits per heavy atom. The zero-order valence-electron chi connectivity index (χ0n) is 22.2. The molecule has 2 heterocycles. The third-order valence-corrected chi connectivity index (χ3v) is 9.01. The summed E-state index contributed by atoms with van der Waals surface area (Å²) in [7, 11) is -4.15. The van der Waals surface area contributed by atoms with E-state index < -0.39 is 16.0 Å². The van der Waals surface area contributed by atoms with E-state index in [4.69, 9.17) is 32.0 Å². The number of carbonyl (C=O) groups is 2. The van der Waals surface area contributed by atoms with Crippen molar-refractivity contribution in [3.8, 4) is 0 Å². The van der Waals surface area contributed by atoms with Gasteiger partial charge in [0.15, 0.2) is 0 Å². The molecule has 42 heavy (non-hydrogen) atoms. The second-order valence-electron chi connectivity index (χ2n) is 9.28. The first kappa shape index (κ1) is 29.2. The van der Waals surface area contributed by atoms with Crippen LogP contribution in [0.1, 0.15) is 39.2 Å². The number of sulfonamides is 1. The summed E-state index contributed by atoms with van der Waals surface area (Å²) >= 11 is 12.7. The zero-order valence-corrected chi connectivity index (χ0v) is 24.5. The van der Waals surface area contributed by atoms with Crippen LogP contribution in [0.3, 0.4) is 0 Å². The molecular weight excluding hydrogens is 603 g/mol. The minimum absolute atomic E-state index is 0.0184. The molecule has 2 aromatic heterocycles.